The van der Waals surface area contributed by atoms with Crippen LogP contribution < -0.4 is 20.7 Å². The molecule has 4 aromatic rings. The fraction of sp³-hybridized carbons (Fsp3) is 0.395. The number of amides is 3. The molecule has 2 atom stereocenters. The molecule has 1 unspecified atom stereocenters. The number of hydrogen-bond acceptors (Lipinski definition) is 8. The highest BCUT2D eigenvalue weighted by molar-refractivity contribution is 6.39. The van der Waals surface area contributed by atoms with Gasteiger partial charge in [-0.1, -0.05) is 47.5 Å². The van der Waals surface area contributed by atoms with E-state index < -0.39 is 5.91 Å². The first-order valence-electron chi connectivity index (χ1n) is 17.6. The minimum atomic E-state index is -0.402. The third-order valence-electron chi connectivity index (χ3n) is 10.4. The molecule has 2 aromatic heterocycles. The Morgan fingerprint density at radius 1 is 1.04 bits per heavy atom. The van der Waals surface area contributed by atoms with Crippen molar-refractivity contribution in [3.05, 3.63) is 81.5 Å². The zero-order valence-corrected chi connectivity index (χ0v) is 31.0. The van der Waals surface area contributed by atoms with Crippen molar-refractivity contribution in [3.63, 3.8) is 0 Å². The largest absolute Gasteiger partial charge is 0.496 e. The standard InChI is InChI=1S/C38H42Cl2N8O4/c1-46-16-5-8-30(46)38(51)48-17-14-29-28(21-48)44-36(47(29)2)37(50)45-27-7-4-6-25(33(27)39)26-13-15-42-35(34(26)40)22-9-10-23(31(18-22)52-3)19-41-20-24-11-12-32(49)43-24/h4,6-7,9-10,13,15,18,24,30,41H,5,8,11-12,14,16-17,19-21H2,1-3H3,(H,43,49)(H,45,50)/t24?,30-/m0/s1. The molecule has 3 aliphatic heterocycles. The lowest BCUT2D eigenvalue weighted by Gasteiger charge is -2.31. The number of methoxy groups -OCH3 is 1. The van der Waals surface area contributed by atoms with Crippen molar-refractivity contribution in [2.75, 3.05) is 39.1 Å². The first kappa shape index (κ1) is 35.9. The number of nitrogens with one attached hydrogen (secondary N) is 3. The Balaban J connectivity index is 1.07. The lowest BCUT2D eigenvalue weighted by molar-refractivity contribution is -0.136. The van der Waals surface area contributed by atoms with Crippen molar-refractivity contribution in [3.8, 4) is 28.1 Å². The van der Waals surface area contributed by atoms with Crippen molar-refractivity contribution < 1.29 is 19.1 Å². The van der Waals surface area contributed by atoms with E-state index in [1.54, 1.807) is 25.4 Å². The van der Waals surface area contributed by atoms with Crippen LogP contribution in [0.1, 0.15) is 53.3 Å². The van der Waals surface area contributed by atoms with Crippen LogP contribution in [0, 0.1) is 0 Å². The van der Waals surface area contributed by atoms with Gasteiger partial charge in [0.1, 0.15) is 5.75 Å². The minimum absolute atomic E-state index is 0.0932. The zero-order chi connectivity index (χ0) is 36.5. The Kier molecular flexibility index (Phi) is 10.5. The molecule has 2 saturated heterocycles. The zero-order valence-electron chi connectivity index (χ0n) is 29.5. The number of benzene rings is 2. The maximum atomic E-state index is 13.7. The number of ether oxygens (including phenoxy) is 1. The highest BCUT2D eigenvalue weighted by Crippen LogP contribution is 2.41. The Morgan fingerprint density at radius 2 is 1.87 bits per heavy atom. The van der Waals surface area contributed by atoms with Crippen LogP contribution in [0.2, 0.25) is 10.0 Å². The second kappa shape index (κ2) is 15.2. The van der Waals surface area contributed by atoms with E-state index in [1.165, 1.54) is 0 Å². The molecule has 0 spiro atoms. The van der Waals surface area contributed by atoms with Gasteiger partial charge in [-0.25, -0.2) is 4.98 Å². The van der Waals surface area contributed by atoms with Crippen LogP contribution in [-0.4, -0.2) is 87.9 Å². The van der Waals surface area contributed by atoms with Gasteiger partial charge in [0.05, 0.1) is 46.8 Å². The summed E-state index contributed by atoms with van der Waals surface area (Å²) in [6.45, 7) is 3.15. The van der Waals surface area contributed by atoms with Gasteiger partial charge in [-0.15, -0.1) is 0 Å². The molecule has 0 aliphatic carbocycles. The molecule has 2 aromatic carbocycles. The first-order valence-corrected chi connectivity index (χ1v) is 18.3. The van der Waals surface area contributed by atoms with Gasteiger partial charge in [-0.3, -0.25) is 24.3 Å². The fourth-order valence-corrected chi connectivity index (χ4v) is 8.07. The van der Waals surface area contributed by atoms with Gasteiger partial charge in [0, 0.05) is 79.7 Å². The quantitative estimate of drug-likeness (QED) is 0.205. The number of carbonyl (C=O) groups excluding carboxylic acids is 3. The van der Waals surface area contributed by atoms with E-state index in [0.717, 1.165) is 48.3 Å². The Hall–Kier alpha value is -4.49. The number of pyridine rings is 1. The predicted octanol–water partition coefficient (Wildman–Crippen LogP) is 5.06. The predicted molar refractivity (Wildman–Crippen MR) is 200 cm³/mol. The third kappa shape index (κ3) is 7.12. The van der Waals surface area contributed by atoms with Crippen molar-refractivity contribution in [1.29, 1.82) is 0 Å². The van der Waals surface area contributed by atoms with E-state index in [-0.39, 0.29) is 29.7 Å². The number of anilines is 1. The van der Waals surface area contributed by atoms with Crippen LogP contribution in [0.25, 0.3) is 22.4 Å². The van der Waals surface area contributed by atoms with Crippen molar-refractivity contribution in [2.24, 2.45) is 7.05 Å². The van der Waals surface area contributed by atoms with Gasteiger partial charge in [0.2, 0.25) is 11.8 Å². The first-order chi connectivity index (χ1) is 25.1. The highest BCUT2D eigenvalue weighted by Gasteiger charge is 2.35. The van der Waals surface area contributed by atoms with Gasteiger partial charge in [0.25, 0.3) is 5.91 Å². The maximum Gasteiger partial charge on any atom is 0.291 e. The molecule has 14 heteroatoms. The molecule has 5 heterocycles. The number of aromatic nitrogens is 3. The number of nitrogens with zero attached hydrogens (tertiary/aromatic N) is 5. The molecule has 2 fully saturated rings. The molecule has 0 radical (unpaired) electrons. The summed E-state index contributed by atoms with van der Waals surface area (Å²) in [6, 6.07) is 13.0. The average Bonchev–Trinajstić information content (AvgIpc) is 3.86. The van der Waals surface area contributed by atoms with E-state index in [4.69, 9.17) is 32.9 Å². The second-order valence-corrected chi connectivity index (χ2v) is 14.4. The molecule has 3 N–H and O–H groups in total. The summed E-state index contributed by atoms with van der Waals surface area (Å²) >= 11 is 14.0. The number of halogens is 2. The Bertz CT molecular complexity index is 2030. The van der Waals surface area contributed by atoms with Crippen molar-refractivity contribution in [2.45, 2.75) is 57.3 Å². The summed E-state index contributed by atoms with van der Waals surface area (Å²) in [6.07, 6.45) is 5.58. The smallest absolute Gasteiger partial charge is 0.291 e. The molecule has 52 heavy (non-hydrogen) atoms. The molecule has 7 rings (SSSR count). The van der Waals surface area contributed by atoms with Crippen LogP contribution in [-0.2, 0) is 36.1 Å². The van der Waals surface area contributed by atoms with Gasteiger partial charge >= 0.3 is 0 Å². The number of fused-ring (bicyclic) bond motifs is 1. The monoisotopic (exact) mass is 744 g/mol. The summed E-state index contributed by atoms with van der Waals surface area (Å²) in [5, 5.41) is 10.1. The molecule has 0 saturated carbocycles. The number of likely N-dealkylation sites (N-methyl/N-ethyl adjacent to an activating group) is 1. The molecule has 272 valence electrons. The number of likely N-dealkylation sites (tertiary alicyclic amines) is 1. The van der Waals surface area contributed by atoms with Crippen LogP contribution >= 0.6 is 23.2 Å². The van der Waals surface area contributed by atoms with E-state index in [9.17, 15) is 14.4 Å². The normalized spacial score (nSPS) is 18.7. The fourth-order valence-electron chi connectivity index (χ4n) is 7.47. The van der Waals surface area contributed by atoms with Gasteiger partial charge in [-0.05, 0) is 51.1 Å². The lowest BCUT2D eigenvalue weighted by atomic mass is 10.0. The summed E-state index contributed by atoms with van der Waals surface area (Å²) in [5.41, 5.74) is 5.68. The van der Waals surface area contributed by atoms with Gasteiger partial charge in [0.15, 0.2) is 5.82 Å². The number of carbonyl (C=O) groups is 3. The van der Waals surface area contributed by atoms with E-state index in [0.29, 0.717) is 77.3 Å². The Morgan fingerprint density at radius 3 is 2.62 bits per heavy atom. The lowest BCUT2D eigenvalue weighted by Crippen LogP contribution is -2.46. The maximum absolute atomic E-state index is 13.7. The molecular weight excluding hydrogens is 703 g/mol. The average molecular weight is 746 g/mol. The molecule has 12 nitrogen and oxygen atoms in total. The van der Waals surface area contributed by atoms with Gasteiger partial charge in [-0.2, -0.15) is 0 Å². The van der Waals surface area contributed by atoms with Crippen molar-refractivity contribution >= 4 is 46.6 Å². The summed E-state index contributed by atoms with van der Waals surface area (Å²) in [4.78, 5) is 51.7. The number of rotatable bonds is 10. The van der Waals surface area contributed by atoms with Crippen LogP contribution in [0.15, 0.2) is 48.7 Å². The molecule has 0 bridgehead atoms. The molecular formula is C38H42Cl2N8O4. The van der Waals surface area contributed by atoms with E-state index >= 15 is 0 Å². The minimum Gasteiger partial charge on any atom is -0.496 e. The van der Waals surface area contributed by atoms with Crippen LogP contribution in [0.4, 0.5) is 5.69 Å². The van der Waals surface area contributed by atoms with E-state index in [2.05, 4.69) is 25.8 Å². The van der Waals surface area contributed by atoms with Crippen LogP contribution in [0.5, 0.6) is 5.75 Å². The summed E-state index contributed by atoms with van der Waals surface area (Å²) < 4.78 is 7.53. The Labute approximate surface area is 312 Å². The van der Waals surface area contributed by atoms with Crippen molar-refractivity contribution in [1.82, 2.24) is 35.0 Å². The second-order valence-electron chi connectivity index (χ2n) is 13.6. The van der Waals surface area contributed by atoms with Crippen LogP contribution in [0.3, 0.4) is 0 Å². The number of imidazole rings is 1. The summed E-state index contributed by atoms with van der Waals surface area (Å²) in [7, 11) is 5.44. The SMILES string of the molecule is COc1cc(-c2nccc(-c3cccc(NC(=O)c4nc5c(n4C)CCN(C(=O)[C@@H]4CCCN4C)C5)c3Cl)c2Cl)ccc1CNCC1CCC(=O)N1. The van der Waals surface area contributed by atoms with E-state index in [1.807, 2.05) is 53.9 Å². The summed E-state index contributed by atoms with van der Waals surface area (Å²) in [5.74, 6) is 0.751. The highest BCUT2D eigenvalue weighted by atomic mass is 35.5. The van der Waals surface area contributed by atoms with Gasteiger partial charge < -0.3 is 30.2 Å². The topological polar surface area (TPSA) is 134 Å². The third-order valence-corrected chi connectivity index (χ3v) is 11.1. The molecule has 3 aliphatic rings. The molecule has 3 amide bonds. The number of hydrogen-bond donors (Lipinski definition) is 3.